The first kappa shape index (κ1) is 10.7. The number of rotatable bonds is 3. The van der Waals surface area contributed by atoms with Gasteiger partial charge < -0.3 is 5.32 Å². The molecule has 2 heterocycles. The van der Waals surface area contributed by atoms with Crippen molar-refractivity contribution in [2.75, 3.05) is 13.1 Å². The molecule has 0 amide bonds. The molecule has 0 bridgehead atoms. The van der Waals surface area contributed by atoms with E-state index in [0.29, 0.717) is 0 Å². The standard InChI is InChI=1S/C12H18N2S/c1-12(2,10-5-4-8-15-10)9-14-11-6-3-7-13-11/h4-5,8H,3,6-7,9H2,1-2H3,(H,13,14). The fourth-order valence-electron chi connectivity index (χ4n) is 1.76. The summed E-state index contributed by atoms with van der Waals surface area (Å²) in [6.45, 7) is 6.54. The minimum absolute atomic E-state index is 0.208. The van der Waals surface area contributed by atoms with E-state index in [4.69, 9.17) is 0 Å². The molecule has 0 saturated carbocycles. The molecule has 0 unspecified atom stereocenters. The molecule has 0 aromatic carbocycles. The molecule has 2 nitrogen and oxygen atoms in total. The molecule has 0 fully saturated rings. The van der Waals surface area contributed by atoms with Crippen LogP contribution >= 0.6 is 11.3 Å². The smallest absolute Gasteiger partial charge is 0.0964 e. The Balaban J connectivity index is 1.93. The average molecular weight is 222 g/mol. The Morgan fingerprint density at radius 2 is 2.40 bits per heavy atom. The number of nitrogens with one attached hydrogen (secondary N) is 1. The van der Waals surface area contributed by atoms with Crippen LogP contribution in [0.25, 0.3) is 0 Å². The molecule has 0 saturated heterocycles. The zero-order chi connectivity index (χ0) is 10.7. The highest BCUT2D eigenvalue weighted by atomic mass is 32.1. The van der Waals surface area contributed by atoms with Gasteiger partial charge in [0.2, 0.25) is 0 Å². The lowest BCUT2D eigenvalue weighted by Gasteiger charge is -2.24. The van der Waals surface area contributed by atoms with Crippen LogP contribution in [0.2, 0.25) is 0 Å². The van der Waals surface area contributed by atoms with Gasteiger partial charge in [-0.25, -0.2) is 0 Å². The molecule has 0 spiro atoms. The van der Waals surface area contributed by atoms with Crippen LogP contribution in [0.1, 0.15) is 31.6 Å². The lowest BCUT2D eigenvalue weighted by molar-refractivity contribution is 0.522. The van der Waals surface area contributed by atoms with E-state index in [1.54, 1.807) is 0 Å². The molecule has 1 aromatic rings. The van der Waals surface area contributed by atoms with E-state index < -0.39 is 0 Å². The van der Waals surface area contributed by atoms with E-state index in [0.717, 1.165) is 19.5 Å². The second-order valence-electron chi connectivity index (χ2n) is 4.65. The number of hydrogen-bond donors (Lipinski definition) is 1. The zero-order valence-electron chi connectivity index (χ0n) is 9.42. The second-order valence-corrected chi connectivity index (χ2v) is 5.59. The van der Waals surface area contributed by atoms with Crippen molar-refractivity contribution in [2.24, 2.45) is 4.99 Å². The molecule has 0 aliphatic carbocycles. The van der Waals surface area contributed by atoms with Crippen molar-refractivity contribution in [3.05, 3.63) is 22.4 Å². The monoisotopic (exact) mass is 222 g/mol. The number of thiophene rings is 1. The molecular formula is C12H18N2S. The van der Waals surface area contributed by atoms with Crippen LogP contribution in [0.5, 0.6) is 0 Å². The topological polar surface area (TPSA) is 24.4 Å². The third kappa shape index (κ3) is 2.59. The van der Waals surface area contributed by atoms with Crippen LogP contribution < -0.4 is 5.32 Å². The van der Waals surface area contributed by atoms with Gasteiger partial charge in [-0.3, -0.25) is 4.99 Å². The Morgan fingerprint density at radius 3 is 3.00 bits per heavy atom. The summed E-state index contributed by atoms with van der Waals surface area (Å²) in [5, 5.41) is 5.61. The zero-order valence-corrected chi connectivity index (χ0v) is 10.2. The molecule has 1 aliphatic heterocycles. The van der Waals surface area contributed by atoms with Crippen molar-refractivity contribution in [3.63, 3.8) is 0 Å². The number of amidine groups is 1. The van der Waals surface area contributed by atoms with Gasteiger partial charge in [0.25, 0.3) is 0 Å². The maximum absolute atomic E-state index is 4.43. The van der Waals surface area contributed by atoms with Crippen molar-refractivity contribution in [2.45, 2.75) is 32.1 Å². The van der Waals surface area contributed by atoms with E-state index in [2.05, 4.69) is 41.7 Å². The summed E-state index contributed by atoms with van der Waals surface area (Å²) in [5.41, 5.74) is 0.208. The van der Waals surface area contributed by atoms with Gasteiger partial charge in [0.1, 0.15) is 0 Å². The van der Waals surface area contributed by atoms with Crippen LogP contribution in [0.4, 0.5) is 0 Å². The van der Waals surface area contributed by atoms with E-state index in [-0.39, 0.29) is 5.41 Å². The summed E-state index contributed by atoms with van der Waals surface area (Å²) in [5.74, 6) is 1.19. The van der Waals surface area contributed by atoms with Crippen LogP contribution in [0.3, 0.4) is 0 Å². The third-order valence-corrected chi connectivity index (χ3v) is 4.03. The fourth-order valence-corrected chi connectivity index (χ4v) is 2.61. The lowest BCUT2D eigenvalue weighted by Crippen LogP contribution is -2.35. The molecular weight excluding hydrogens is 204 g/mol. The Bertz CT molecular complexity index is 339. The van der Waals surface area contributed by atoms with Gasteiger partial charge in [0.05, 0.1) is 5.84 Å². The molecule has 2 rings (SSSR count). The fraction of sp³-hybridized carbons (Fsp3) is 0.583. The van der Waals surface area contributed by atoms with Gasteiger partial charge in [-0.1, -0.05) is 19.9 Å². The summed E-state index contributed by atoms with van der Waals surface area (Å²) in [6.07, 6.45) is 2.34. The number of hydrogen-bond acceptors (Lipinski definition) is 3. The first-order valence-corrected chi connectivity index (χ1v) is 6.38. The van der Waals surface area contributed by atoms with Crippen molar-refractivity contribution in [1.29, 1.82) is 0 Å². The Morgan fingerprint density at radius 1 is 1.53 bits per heavy atom. The molecule has 15 heavy (non-hydrogen) atoms. The van der Waals surface area contributed by atoms with E-state index >= 15 is 0 Å². The summed E-state index contributed by atoms with van der Waals surface area (Å²) in [4.78, 5) is 5.87. The summed E-state index contributed by atoms with van der Waals surface area (Å²) < 4.78 is 0. The minimum Gasteiger partial charge on any atom is -0.373 e. The maximum Gasteiger partial charge on any atom is 0.0964 e. The van der Waals surface area contributed by atoms with Gasteiger partial charge in [-0.2, -0.15) is 0 Å². The molecule has 1 aromatic heterocycles. The predicted molar refractivity (Wildman–Crippen MR) is 66.9 cm³/mol. The van der Waals surface area contributed by atoms with E-state index in [1.807, 2.05) is 11.3 Å². The summed E-state index contributed by atoms with van der Waals surface area (Å²) >= 11 is 1.83. The SMILES string of the molecule is CC(C)(CNC1=NCCC1)c1cccs1. The molecule has 0 radical (unpaired) electrons. The van der Waals surface area contributed by atoms with Gasteiger partial charge in [0.15, 0.2) is 0 Å². The van der Waals surface area contributed by atoms with Crippen LogP contribution in [0, 0.1) is 0 Å². The highest BCUT2D eigenvalue weighted by molar-refractivity contribution is 7.10. The normalized spacial score (nSPS) is 16.5. The Kier molecular flexibility index (Phi) is 3.10. The largest absolute Gasteiger partial charge is 0.373 e. The predicted octanol–water partition coefficient (Wildman–Crippen LogP) is 2.81. The van der Waals surface area contributed by atoms with E-state index in [1.165, 1.54) is 17.1 Å². The van der Waals surface area contributed by atoms with Crippen molar-refractivity contribution < 1.29 is 0 Å². The van der Waals surface area contributed by atoms with Crippen LogP contribution in [-0.4, -0.2) is 18.9 Å². The van der Waals surface area contributed by atoms with Crippen molar-refractivity contribution in [1.82, 2.24) is 5.32 Å². The molecule has 82 valence electrons. The molecule has 0 atom stereocenters. The van der Waals surface area contributed by atoms with Crippen molar-refractivity contribution in [3.8, 4) is 0 Å². The van der Waals surface area contributed by atoms with Gasteiger partial charge in [0, 0.05) is 29.8 Å². The molecule has 3 heteroatoms. The Hall–Kier alpha value is -0.830. The lowest BCUT2D eigenvalue weighted by atomic mass is 9.91. The maximum atomic E-state index is 4.43. The first-order valence-electron chi connectivity index (χ1n) is 5.50. The quantitative estimate of drug-likeness (QED) is 0.835. The highest BCUT2D eigenvalue weighted by Gasteiger charge is 2.22. The first-order chi connectivity index (χ1) is 7.18. The van der Waals surface area contributed by atoms with Crippen molar-refractivity contribution >= 4 is 17.2 Å². The molecule has 1 aliphatic rings. The third-order valence-electron chi connectivity index (χ3n) is 2.80. The second kappa shape index (κ2) is 4.35. The van der Waals surface area contributed by atoms with E-state index in [9.17, 15) is 0 Å². The summed E-state index contributed by atoms with van der Waals surface area (Å²) in [6, 6.07) is 4.33. The average Bonchev–Trinajstić information content (AvgIpc) is 2.88. The Labute approximate surface area is 95.4 Å². The summed E-state index contributed by atoms with van der Waals surface area (Å²) in [7, 11) is 0. The minimum atomic E-state index is 0.208. The van der Waals surface area contributed by atoms with Crippen LogP contribution in [0.15, 0.2) is 22.5 Å². The van der Waals surface area contributed by atoms with Gasteiger partial charge >= 0.3 is 0 Å². The number of aliphatic imine (C=N–C) groups is 1. The number of nitrogens with zero attached hydrogens (tertiary/aromatic N) is 1. The molecule has 1 N–H and O–H groups in total. The van der Waals surface area contributed by atoms with Crippen LogP contribution in [-0.2, 0) is 5.41 Å². The van der Waals surface area contributed by atoms with Gasteiger partial charge in [-0.15, -0.1) is 11.3 Å². The van der Waals surface area contributed by atoms with Gasteiger partial charge in [-0.05, 0) is 17.9 Å². The highest BCUT2D eigenvalue weighted by Crippen LogP contribution is 2.26.